The number of hydrogen-bond donors (Lipinski definition) is 2. The molecule has 7 heteroatoms. The van der Waals surface area contributed by atoms with E-state index in [0.29, 0.717) is 28.1 Å². The fourth-order valence-corrected chi connectivity index (χ4v) is 3.16. The van der Waals surface area contributed by atoms with Gasteiger partial charge in [-0.3, -0.25) is 4.79 Å². The molecule has 5 nitrogen and oxygen atoms in total. The first-order chi connectivity index (χ1) is 10.5. The van der Waals surface area contributed by atoms with Crippen molar-refractivity contribution in [3.8, 4) is 11.5 Å². The molecular formula is C16H24BrClN2O3. The quantitative estimate of drug-likeness (QED) is 0.788. The Hall–Kier alpha value is -0.980. The molecule has 130 valence electrons. The van der Waals surface area contributed by atoms with Crippen molar-refractivity contribution in [3.63, 3.8) is 0 Å². The van der Waals surface area contributed by atoms with Crippen molar-refractivity contribution in [1.82, 2.24) is 10.6 Å². The summed E-state index contributed by atoms with van der Waals surface area (Å²) in [5.41, 5.74) is 0.694. The lowest BCUT2D eigenvalue weighted by molar-refractivity contribution is 0.0921. The number of methoxy groups -OCH3 is 2. The predicted molar refractivity (Wildman–Crippen MR) is 97.0 cm³/mol. The summed E-state index contributed by atoms with van der Waals surface area (Å²) in [5, 5.41) is 6.38. The van der Waals surface area contributed by atoms with Crippen molar-refractivity contribution in [2.75, 3.05) is 33.9 Å². The van der Waals surface area contributed by atoms with E-state index in [9.17, 15) is 4.79 Å². The first kappa shape index (κ1) is 20.1. The molecule has 1 saturated heterocycles. The number of halogens is 2. The molecule has 0 spiro atoms. The molecule has 2 N–H and O–H groups in total. The minimum Gasteiger partial charge on any atom is -0.495 e. The third-order valence-electron chi connectivity index (χ3n) is 4.19. The van der Waals surface area contributed by atoms with Crippen LogP contribution in [0.15, 0.2) is 16.6 Å². The maximum atomic E-state index is 12.4. The molecule has 0 radical (unpaired) electrons. The van der Waals surface area contributed by atoms with Gasteiger partial charge in [-0.15, -0.1) is 12.4 Å². The average molecular weight is 408 g/mol. The summed E-state index contributed by atoms with van der Waals surface area (Å²) < 4.78 is 11.3. The SMILES string of the molecule is COc1cc(C(=O)NCC2(C)CCNCC2)cc(OC)c1Br.Cl. The zero-order chi connectivity index (χ0) is 16.2. The van der Waals surface area contributed by atoms with Gasteiger partial charge in [0.25, 0.3) is 5.91 Å². The minimum atomic E-state index is -0.108. The van der Waals surface area contributed by atoms with Crippen LogP contribution in [0.3, 0.4) is 0 Å². The number of rotatable bonds is 5. The van der Waals surface area contributed by atoms with Gasteiger partial charge in [-0.1, -0.05) is 6.92 Å². The van der Waals surface area contributed by atoms with E-state index >= 15 is 0 Å². The molecule has 1 heterocycles. The maximum absolute atomic E-state index is 12.4. The van der Waals surface area contributed by atoms with Crippen molar-refractivity contribution in [3.05, 3.63) is 22.2 Å². The predicted octanol–water partition coefficient (Wildman–Crippen LogP) is 3.01. The Kier molecular flexibility index (Phi) is 7.64. The van der Waals surface area contributed by atoms with Gasteiger partial charge in [0.05, 0.1) is 14.2 Å². The summed E-state index contributed by atoms with van der Waals surface area (Å²) in [7, 11) is 3.13. The molecule has 1 aliphatic rings. The standard InChI is InChI=1S/C16H23BrN2O3.ClH/c1-16(4-6-18-7-5-16)10-19-15(20)11-8-12(21-2)14(17)13(9-11)22-3;/h8-9,18H,4-7,10H2,1-3H3,(H,19,20);1H. The number of ether oxygens (including phenoxy) is 2. The Labute approximate surface area is 152 Å². The van der Waals surface area contributed by atoms with E-state index < -0.39 is 0 Å². The molecule has 0 bridgehead atoms. The average Bonchev–Trinajstić information content (AvgIpc) is 2.53. The summed E-state index contributed by atoms with van der Waals surface area (Å²) in [5.74, 6) is 1.05. The molecule has 1 aromatic rings. The van der Waals surface area contributed by atoms with E-state index in [1.54, 1.807) is 26.4 Å². The smallest absolute Gasteiger partial charge is 0.251 e. The maximum Gasteiger partial charge on any atom is 0.251 e. The van der Waals surface area contributed by atoms with Gasteiger partial charge in [-0.2, -0.15) is 0 Å². The molecule has 0 saturated carbocycles. The van der Waals surface area contributed by atoms with Crippen molar-refractivity contribution in [1.29, 1.82) is 0 Å². The Morgan fingerprint density at radius 1 is 1.26 bits per heavy atom. The molecular weight excluding hydrogens is 384 g/mol. The lowest BCUT2D eigenvalue weighted by Crippen LogP contribution is -2.42. The zero-order valence-electron chi connectivity index (χ0n) is 13.7. The molecule has 0 aliphatic carbocycles. The normalized spacial score (nSPS) is 16.2. The Morgan fingerprint density at radius 3 is 2.26 bits per heavy atom. The van der Waals surface area contributed by atoms with Gasteiger partial charge in [0.2, 0.25) is 0 Å². The molecule has 1 amide bonds. The van der Waals surface area contributed by atoms with Gasteiger partial charge in [0.1, 0.15) is 16.0 Å². The van der Waals surface area contributed by atoms with Crippen LogP contribution in [0.5, 0.6) is 11.5 Å². The van der Waals surface area contributed by atoms with E-state index in [2.05, 4.69) is 33.5 Å². The molecule has 0 atom stereocenters. The number of carbonyl (C=O) groups is 1. The Morgan fingerprint density at radius 2 is 1.78 bits per heavy atom. The summed E-state index contributed by atoms with van der Waals surface area (Å²) >= 11 is 3.41. The van der Waals surface area contributed by atoms with Crippen LogP contribution in [0.1, 0.15) is 30.1 Å². The van der Waals surface area contributed by atoms with E-state index in [1.807, 2.05) is 0 Å². The summed E-state index contributed by atoms with van der Waals surface area (Å²) in [6.07, 6.45) is 2.14. The van der Waals surface area contributed by atoms with Gasteiger partial charge >= 0.3 is 0 Å². The molecule has 0 unspecified atom stereocenters. The molecule has 23 heavy (non-hydrogen) atoms. The number of benzene rings is 1. The first-order valence-electron chi connectivity index (χ1n) is 7.39. The van der Waals surface area contributed by atoms with Crippen LogP contribution in [0.4, 0.5) is 0 Å². The lowest BCUT2D eigenvalue weighted by Gasteiger charge is -2.34. The number of amides is 1. The van der Waals surface area contributed by atoms with Gasteiger partial charge in [0, 0.05) is 12.1 Å². The second-order valence-corrected chi connectivity index (χ2v) is 6.73. The van der Waals surface area contributed by atoms with Crippen molar-refractivity contribution >= 4 is 34.2 Å². The van der Waals surface area contributed by atoms with Crippen LogP contribution >= 0.6 is 28.3 Å². The van der Waals surface area contributed by atoms with Crippen molar-refractivity contribution < 1.29 is 14.3 Å². The second-order valence-electron chi connectivity index (χ2n) is 5.94. The third-order valence-corrected chi connectivity index (χ3v) is 4.98. The van der Waals surface area contributed by atoms with Crippen molar-refractivity contribution in [2.45, 2.75) is 19.8 Å². The lowest BCUT2D eigenvalue weighted by atomic mass is 9.81. The van der Waals surface area contributed by atoms with Crippen LogP contribution in [-0.4, -0.2) is 39.8 Å². The highest BCUT2D eigenvalue weighted by Crippen LogP contribution is 2.35. The fraction of sp³-hybridized carbons (Fsp3) is 0.562. The van der Waals surface area contributed by atoms with Crippen LogP contribution in [0, 0.1) is 5.41 Å². The first-order valence-corrected chi connectivity index (χ1v) is 8.19. The van der Waals surface area contributed by atoms with Gasteiger partial charge in [-0.05, 0) is 59.4 Å². The molecule has 1 aliphatic heterocycles. The third kappa shape index (κ3) is 4.99. The minimum absolute atomic E-state index is 0. The van der Waals surface area contributed by atoms with E-state index in [0.717, 1.165) is 25.9 Å². The molecule has 1 aromatic carbocycles. The summed E-state index contributed by atoms with van der Waals surface area (Å²) in [6.45, 7) is 4.91. The van der Waals surface area contributed by atoms with Crippen molar-refractivity contribution in [2.24, 2.45) is 5.41 Å². The van der Waals surface area contributed by atoms with Gasteiger partial charge in [0.15, 0.2) is 0 Å². The van der Waals surface area contributed by atoms with E-state index in [1.165, 1.54) is 0 Å². The van der Waals surface area contributed by atoms with Gasteiger partial charge in [-0.25, -0.2) is 0 Å². The topological polar surface area (TPSA) is 59.6 Å². The van der Waals surface area contributed by atoms with Crippen LogP contribution in [-0.2, 0) is 0 Å². The van der Waals surface area contributed by atoms with E-state index in [4.69, 9.17) is 9.47 Å². The largest absolute Gasteiger partial charge is 0.495 e. The molecule has 2 rings (SSSR count). The number of piperidine rings is 1. The van der Waals surface area contributed by atoms with Crippen LogP contribution in [0.2, 0.25) is 0 Å². The second kappa shape index (κ2) is 8.76. The monoisotopic (exact) mass is 406 g/mol. The summed E-state index contributed by atoms with van der Waals surface area (Å²) in [6, 6.07) is 3.43. The number of nitrogens with one attached hydrogen (secondary N) is 2. The summed E-state index contributed by atoms with van der Waals surface area (Å²) in [4.78, 5) is 12.4. The van der Waals surface area contributed by atoms with E-state index in [-0.39, 0.29) is 23.7 Å². The highest BCUT2D eigenvalue weighted by atomic mass is 79.9. The molecule has 0 aromatic heterocycles. The Balaban J connectivity index is 0.00000264. The highest BCUT2D eigenvalue weighted by Gasteiger charge is 2.27. The zero-order valence-corrected chi connectivity index (χ0v) is 16.1. The fourth-order valence-electron chi connectivity index (χ4n) is 2.60. The Bertz CT molecular complexity index is 523. The van der Waals surface area contributed by atoms with Crippen LogP contribution in [0.25, 0.3) is 0 Å². The molecule has 1 fully saturated rings. The number of hydrogen-bond acceptors (Lipinski definition) is 4. The van der Waals surface area contributed by atoms with Gasteiger partial charge < -0.3 is 20.1 Å². The number of carbonyl (C=O) groups excluding carboxylic acids is 1. The van der Waals surface area contributed by atoms with Crippen LogP contribution < -0.4 is 20.1 Å². The highest BCUT2D eigenvalue weighted by molar-refractivity contribution is 9.10.